The maximum atomic E-state index is 12.6. The molecule has 3 heterocycles. The van der Waals surface area contributed by atoms with Crippen molar-refractivity contribution in [2.24, 2.45) is 0 Å². The molecule has 0 radical (unpaired) electrons. The molecule has 1 atom stereocenters. The van der Waals surface area contributed by atoms with Crippen LogP contribution in [0, 0.1) is 6.92 Å². The van der Waals surface area contributed by atoms with Crippen molar-refractivity contribution in [2.45, 2.75) is 45.1 Å². The lowest BCUT2D eigenvalue weighted by atomic mass is 9.97. The number of piperidine rings is 1. The fourth-order valence-corrected chi connectivity index (χ4v) is 4.45. The molecule has 1 aromatic heterocycles. The Morgan fingerprint density at radius 3 is 2.61 bits per heavy atom. The first-order chi connectivity index (χ1) is 15.1. The molecule has 0 spiro atoms. The van der Waals surface area contributed by atoms with E-state index in [0.29, 0.717) is 24.3 Å². The van der Waals surface area contributed by atoms with Crippen LogP contribution >= 0.6 is 0 Å². The molecule has 1 N–H and O–H groups in total. The molecule has 0 aliphatic carbocycles. The van der Waals surface area contributed by atoms with Crippen LogP contribution in [0.2, 0.25) is 0 Å². The molecular weight excluding hydrogens is 390 g/mol. The number of amides is 2. The fourth-order valence-electron chi connectivity index (χ4n) is 4.45. The number of hydrogen-bond donors (Lipinski definition) is 1. The molecule has 2 saturated heterocycles. The predicted molar refractivity (Wildman–Crippen MR) is 119 cm³/mol. The smallest absolute Gasteiger partial charge is 0.254 e. The Labute approximate surface area is 183 Å². The van der Waals surface area contributed by atoms with E-state index in [2.05, 4.69) is 20.2 Å². The van der Waals surface area contributed by atoms with Gasteiger partial charge in [0.05, 0.1) is 17.8 Å². The number of benzene rings is 1. The summed E-state index contributed by atoms with van der Waals surface area (Å²) in [5.41, 5.74) is 2.26. The van der Waals surface area contributed by atoms with Crippen LogP contribution in [0.5, 0.6) is 0 Å². The van der Waals surface area contributed by atoms with Gasteiger partial charge in [0.15, 0.2) is 0 Å². The quantitative estimate of drug-likeness (QED) is 0.775. The van der Waals surface area contributed by atoms with Gasteiger partial charge in [0.1, 0.15) is 5.82 Å². The van der Waals surface area contributed by atoms with Crippen LogP contribution in [0.1, 0.15) is 59.0 Å². The number of aromatic nitrogens is 2. The number of likely N-dealkylation sites (tertiary alicyclic amines) is 2. The maximum Gasteiger partial charge on any atom is 0.254 e. The summed E-state index contributed by atoms with van der Waals surface area (Å²) >= 11 is 0. The van der Waals surface area contributed by atoms with Gasteiger partial charge in [-0.05, 0) is 44.7 Å². The normalized spacial score (nSPS) is 19.4. The van der Waals surface area contributed by atoms with Crippen molar-refractivity contribution in [2.75, 3.05) is 32.7 Å². The zero-order chi connectivity index (χ0) is 21.6. The van der Waals surface area contributed by atoms with Crippen molar-refractivity contribution in [3.8, 4) is 0 Å². The highest BCUT2D eigenvalue weighted by Crippen LogP contribution is 2.25. The number of rotatable bonds is 6. The van der Waals surface area contributed by atoms with Crippen molar-refractivity contribution in [3.05, 3.63) is 59.2 Å². The molecule has 0 bridgehead atoms. The number of nitrogens with zero attached hydrogens (tertiary/aromatic N) is 4. The minimum atomic E-state index is -0.158. The van der Waals surface area contributed by atoms with Crippen molar-refractivity contribution < 1.29 is 9.59 Å². The molecule has 7 nitrogen and oxygen atoms in total. The number of carbonyl (C=O) groups excluding carboxylic acids is 2. The van der Waals surface area contributed by atoms with Gasteiger partial charge in [-0.2, -0.15) is 0 Å². The number of hydrogen-bond acceptors (Lipinski definition) is 5. The third-order valence-corrected chi connectivity index (χ3v) is 6.23. The van der Waals surface area contributed by atoms with Crippen LogP contribution in [-0.4, -0.2) is 64.3 Å². The maximum absolute atomic E-state index is 12.6. The molecular formula is C24H31N5O2. The van der Waals surface area contributed by atoms with E-state index in [-0.39, 0.29) is 17.7 Å². The van der Waals surface area contributed by atoms with Gasteiger partial charge in [0.25, 0.3) is 5.91 Å². The van der Waals surface area contributed by atoms with Crippen molar-refractivity contribution in [1.82, 2.24) is 25.1 Å². The van der Waals surface area contributed by atoms with Crippen molar-refractivity contribution >= 4 is 11.8 Å². The first-order valence-corrected chi connectivity index (χ1v) is 11.3. The number of nitrogens with one attached hydrogen (secondary N) is 1. The van der Waals surface area contributed by atoms with E-state index in [1.54, 1.807) is 6.20 Å². The third-order valence-electron chi connectivity index (χ3n) is 6.23. The minimum absolute atomic E-state index is 0.158. The topological polar surface area (TPSA) is 78.4 Å². The van der Waals surface area contributed by atoms with E-state index in [4.69, 9.17) is 0 Å². The van der Waals surface area contributed by atoms with Crippen LogP contribution in [0.25, 0.3) is 0 Å². The predicted octanol–water partition coefficient (Wildman–Crippen LogP) is 2.52. The molecule has 2 aromatic rings. The summed E-state index contributed by atoms with van der Waals surface area (Å²) in [5.74, 6) is 1.05. The molecule has 7 heteroatoms. The fraction of sp³-hybridized carbons (Fsp3) is 0.500. The zero-order valence-electron chi connectivity index (χ0n) is 18.2. The molecule has 164 valence electrons. The van der Waals surface area contributed by atoms with E-state index in [0.717, 1.165) is 63.3 Å². The number of aryl methyl sites for hydroxylation is 1. The molecule has 2 amide bonds. The average Bonchev–Trinajstić information content (AvgIpc) is 3.33. The van der Waals surface area contributed by atoms with E-state index >= 15 is 0 Å². The van der Waals surface area contributed by atoms with E-state index in [1.807, 2.05) is 42.2 Å². The molecule has 4 rings (SSSR count). The highest BCUT2D eigenvalue weighted by Gasteiger charge is 2.27. The summed E-state index contributed by atoms with van der Waals surface area (Å²) in [6.45, 7) is 6.34. The Morgan fingerprint density at radius 2 is 1.87 bits per heavy atom. The van der Waals surface area contributed by atoms with Crippen LogP contribution in [0.15, 0.2) is 36.5 Å². The molecule has 0 saturated carbocycles. The Hall–Kier alpha value is -2.80. The zero-order valence-corrected chi connectivity index (χ0v) is 18.2. The van der Waals surface area contributed by atoms with Gasteiger partial charge >= 0.3 is 0 Å². The van der Waals surface area contributed by atoms with Gasteiger partial charge in [-0.15, -0.1) is 0 Å². The lowest BCUT2D eigenvalue weighted by Gasteiger charge is -2.32. The Kier molecular flexibility index (Phi) is 6.92. The van der Waals surface area contributed by atoms with Gasteiger partial charge in [0, 0.05) is 38.3 Å². The first kappa shape index (κ1) is 21.4. The second-order valence-electron chi connectivity index (χ2n) is 8.56. The van der Waals surface area contributed by atoms with Crippen LogP contribution in [0.4, 0.5) is 0 Å². The summed E-state index contributed by atoms with van der Waals surface area (Å²) in [5, 5.41) is 2.94. The van der Waals surface area contributed by atoms with Gasteiger partial charge in [-0.25, -0.2) is 9.97 Å². The standard InChI is InChI=1S/C24H31N5O2/c1-18-21(24(31)26-14-19-8-3-2-4-9-19)15-25-23(27-18)20-10-7-11-28(16-20)17-22(30)29-12-5-6-13-29/h2-4,8-9,15,20H,5-7,10-14,16-17H2,1H3,(H,26,31)/t20-/m1/s1. The van der Waals surface area contributed by atoms with Crippen LogP contribution < -0.4 is 5.32 Å². The summed E-state index contributed by atoms with van der Waals surface area (Å²) in [6, 6.07) is 9.83. The minimum Gasteiger partial charge on any atom is -0.348 e. The first-order valence-electron chi connectivity index (χ1n) is 11.3. The molecule has 1 aromatic carbocycles. The molecule has 2 fully saturated rings. The lowest BCUT2D eigenvalue weighted by molar-refractivity contribution is -0.131. The molecule has 2 aliphatic heterocycles. The highest BCUT2D eigenvalue weighted by atomic mass is 16.2. The Balaban J connectivity index is 1.35. The Morgan fingerprint density at radius 1 is 1.10 bits per heavy atom. The van der Waals surface area contributed by atoms with E-state index in [1.165, 1.54) is 0 Å². The van der Waals surface area contributed by atoms with Gasteiger partial charge in [-0.3, -0.25) is 14.5 Å². The van der Waals surface area contributed by atoms with E-state index < -0.39 is 0 Å². The summed E-state index contributed by atoms with van der Waals surface area (Å²) < 4.78 is 0. The van der Waals surface area contributed by atoms with Gasteiger partial charge < -0.3 is 10.2 Å². The second kappa shape index (κ2) is 10.0. The molecule has 2 aliphatic rings. The van der Waals surface area contributed by atoms with Gasteiger partial charge in [0.2, 0.25) is 5.91 Å². The van der Waals surface area contributed by atoms with Crippen molar-refractivity contribution in [3.63, 3.8) is 0 Å². The molecule has 0 unspecified atom stereocenters. The average molecular weight is 422 g/mol. The lowest BCUT2D eigenvalue weighted by Crippen LogP contribution is -2.43. The Bertz CT molecular complexity index is 911. The van der Waals surface area contributed by atoms with Crippen molar-refractivity contribution in [1.29, 1.82) is 0 Å². The highest BCUT2D eigenvalue weighted by molar-refractivity contribution is 5.94. The summed E-state index contributed by atoms with van der Waals surface area (Å²) in [7, 11) is 0. The second-order valence-corrected chi connectivity index (χ2v) is 8.56. The van der Waals surface area contributed by atoms with Crippen LogP contribution in [-0.2, 0) is 11.3 Å². The third kappa shape index (κ3) is 5.47. The van der Waals surface area contributed by atoms with Gasteiger partial charge in [-0.1, -0.05) is 30.3 Å². The van der Waals surface area contributed by atoms with E-state index in [9.17, 15) is 9.59 Å². The number of carbonyl (C=O) groups is 2. The van der Waals surface area contributed by atoms with Crippen LogP contribution in [0.3, 0.4) is 0 Å². The summed E-state index contributed by atoms with van der Waals surface area (Å²) in [6.07, 6.45) is 5.92. The SMILES string of the molecule is Cc1nc([C@@H]2CCCN(CC(=O)N3CCCC3)C2)ncc1C(=O)NCc1ccccc1. The molecule has 31 heavy (non-hydrogen) atoms. The largest absolute Gasteiger partial charge is 0.348 e. The monoisotopic (exact) mass is 421 g/mol. The summed E-state index contributed by atoms with van der Waals surface area (Å²) in [4.78, 5) is 38.5.